The molecule has 0 aliphatic carbocycles. The Balaban J connectivity index is 5.99. The molecule has 0 saturated carbocycles. The number of carbonyl (C=O) groups excluding carboxylic acids is 4. The van der Waals surface area contributed by atoms with Crippen LogP contribution in [0.25, 0.3) is 0 Å². The zero-order valence-electron chi connectivity index (χ0n) is 12.4. The molecule has 2 atom stereocenters. The number of esters is 2. The van der Waals surface area contributed by atoms with Crippen LogP contribution in [0.2, 0.25) is 0 Å². The molecule has 0 aromatic rings. The van der Waals surface area contributed by atoms with Crippen LogP contribution in [0.5, 0.6) is 0 Å². The first-order chi connectivity index (χ1) is 9.05. The molecule has 0 aliphatic rings. The van der Waals surface area contributed by atoms with E-state index in [0.29, 0.717) is 0 Å². The first-order valence-electron chi connectivity index (χ1n) is 5.79. The van der Waals surface area contributed by atoms with Crippen molar-refractivity contribution in [2.75, 3.05) is 14.2 Å². The molecule has 8 heteroatoms. The van der Waals surface area contributed by atoms with Crippen molar-refractivity contribution in [1.29, 1.82) is 0 Å². The predicted molar refractivity (Wildman–Crippen MR) is 68.5 cm³/mol. The van der Waals surface area contributed by atoms with Crippen molar-refractivity contribution in [3.63, 3.8) is 0 Å². The number of amides is 2. The summed E-state index contributed by atoms with van der Waals surface area (Å²) in [6.07, 6.45) is 0. The van der Waals surface area contributed by atoms with Gasteiger partial charge in [-0.1, -0.05) is 0 Å². The first-order valence-corrected chi connectivity index (χ1v) is 5.79. The van der Waals surface area contributed by atoms with E-state index < -0.39 is 34.8 Å². The van der Waals surface area contributed by atoms with Gasteiger partial charge in [0, 0.05) is 13.8 Å². The van der Waals surface area contributed by atoms with Crippen molar-refractivity contribution in [1.82, 2.24) is 10.6 Å². The van der Waals surface area contributed by atoms with Crippen molar-refractivity contribution in [3.05, 3.63) is 0 Å². The van der Waals surface area contributed by atoms with Crippen LogP contribution in [-0.2, 0) is 28.7 Å². The summed E-state index contributed by atoms with van der Waals surface area (Å²) in [5.41, 5.74) is -3.65. The average Bonchev–Trinajstić information content (AvgIpc) is 2.34. The minimum atomic E-state index is -1.83. The third-order valence-electron chi connectivity index (χ3n) is 3.04. The van der Waals surface area contributed by atoms with Gasteiger partial charge in [0.05, 0.1) is 14.2 Å². The van der Waals surface area contributed by atoms with Crippen LogP contribution in [0.15, 0.2) is 0 Å². The topological polar surface area (TPSA) is 111 Å². The Bertz CT molecular complexity index is 396. The van der Waals surface area contributed by atoms with Gasteiger partial charge in [0.15, 0.2) is 11.1 Å². The van der Waals surface area contributed by atoms with Crippen LogP contribution >= 0.6 is 0 Å². The average molecular weight is 288 g/mol. The molecule has 0 rings (SSSR count). The number of methoxy groups -OCH3 is 2. The molecule has 0 fully saturated rings. The maximum Gasteiger partial charge on any atom is 0.334 e. The van der Waals surface area contributed by atoms with Gasteiger partial charge in [-0.25, -0.2) is 9.59 Å². The predicted octanol–water partition coefficient (Wildman–Crippen LogP) is -0.878. The van der Waals surface area contributed by atoms with Crippen LogP contribution in [0.3, 0.4) is 0 Å². The van der Waals surface area contributed by atoms with E-state index in [1.165, 1.54) is 27.7 Å². The molecule has 8 nitrogen and oxygen atoms in total. The number of nitrogens with one attached hydrogen (secondary N) is 2. The third kappa shape index (κ3) is 3.25. The van der Waals surface area contributed by atoms with Crippen LogP contribution in [0, 0.1) is 0 Å². The second-order valence-electron chi connectivity index (χ2n) is 4.60. The van der Waals surface area contributed by atoms with Gasteiger partial charge in [0.2, 0.25) is 11.8 Å². The minimum Gasteiger partial charge on any atom is -0.467 e. The molecule has 2 N–H and O–H groups in total. The second kappa shape index (κ2) is 6.36. The van der Waals surface area contributed by atoms with E-state index in [4.69, 9.17) is 0 Å². The molecule has 0 aromatic carbocycles. The summed E-state index contributed by atoms with van der Waals surface area (Å²) >= 11 is 0. The van der Waals surface area contributed by atoms with E-state index in [1.54, 1.807) is 0 Å². The molecule has 0 heterocycles. The molecule has 0 saturated heterocycles. The molecule has 2 unspecified atom stereocenters. The Morgan fingerprint density at radius 3 is 1.15 bits per heavy atom. The maximum absolute atomic E-state index is 12.0. The molecule has 0 aromatic heterocycles. The van der Waals surface area contributed by atoms with Gasteiger partial charge in [-0.05, 0) is 13.8 Å². The summed E-state index contributed by atoms with van der Waals surface area (Å²) in [6.45, 7) is 4.89. The van der Waals surface area contributed by atoms with Crippen molar-refractivity contribution < 1.29 is 28.7 Å². The fourth-order valence-corrected chi connectivity index (χ4v) is 1.87. The van der Waals surface area contributed by atoms with Gasteiger partial charge in [-0.2, -0.15) is 0 Å². The fourth-order valence-electron chi connectivity index (χ4n) is 1.87. The Kier molecular flexibility index (Phi) is 5.68. The van der Waals surface area contributed by atoms with Crippen LogP contribution in [0.4, 0.5) is 0 Å². The number of ether oxygens (including phenoxy) is 2. The van der Waals surface area contributed by atoms with Crippen molar-refractivity contribution in [3.8, 4) is 0 Å². The Labute approximate surface area is 117 Å². The third-order valence-corrected chi connectivity index (χ3v) is 3.04. The highest BCUT2D eigenvalue weighted by Crippen LogP contribution is 2.25. The Hall–Kier alpha value is -2.12. The van der Waals surface area contributed by atoms with E-state index in [1.807, 2.05) is 0 Å². The summed E-state index contributed by atoms with van der Waals surface area (Å²) in [5, 5.41) is 4.68. The number of hydrogen-bond acceptors (Lipinski definition) is 6. The second-order valence-corrected chi connectivity index (χ2v) is 4.60. The van der Waals surface area contributed by atoms with Crippen molar-refractivity contribution in [2.45, 2.75) is 38.8 Å². The highest BCUT2D eigenvalue weighted by molar-refractivity contribution is 5.99. The molecule has 0 spiro atoms. The van der Waals surface area contributed by atoms with E-state index in [-0.39, 0.29) is 0 Å². The summed E-state index contributed by atoms with van der Waals surface area (Å²) in [6, 6.07) is 0. The Morgan fingerprint density at radius 2 is 1.00 bits per heavy atom. The molecule has 0 bridgehead atoms. The quantitative estimate of drug-likeness (QED) is 0.636. The maximum atomic E-state index is 12.0. The lowest BCUT2D eigenvalue weighted by Gasteiger charge is -2.42. The van der Waals surface area contributed by atoms with Crippen molar-refractivity contribution >= 4 is 23.8 Å². The lowest BCUT2D eigenvalue weighted by atomic mass is 9.78. The highest BCUT2D eigenvalue weighted by atomic mass is 16.5. The van der Waals surface area contributed by atoms with Gasteiger partial charge in [0.25, 0.3) is 0 Å². The molecular weight excluding hydrogens is 268 g/mol. The normalized spacial score (nSPS) is 16.1. The molecule has 2 amide bonds. The largest absolute Gasteiger partial charge is 0.467 e. The molecular formula is C12H20N2O6. The van der Waals surface area contributed by atoms with Gasteiger partial charge < -0.3 is 20.1 Å². The Morgan fingerprint density at radius 1 is 0.750 bits per heavy atom. The number of hydrogen-bond donors (Lipinski definition) is 2. The van der Waals surface area contributed by atoms with Gasteiger partial charge >= 0.3 is 11.9 Å². The lowest BCUT2D eigenvalue weighted by molar-refractivity contribution is -0.165. The van der Waals surface area contributed by atoms with Gasteiger partial charge in [-0.3, -0.25) is 9.59 Å². The fraction of sp³-hybridized carbons (Fsp3) is 0.667. The van der Waals surface area contributed by atoms with Gasteiger partial charge in [-0.15, -0.1) is 0 Å². The zero-order valence-corrected chi connectivity index (χ0v) is 12.4. The summed E-state index contributed by atoms with van der Waals surface area (Å²) in [4.78, 5) is 46.7. The molecule has 0 radical (unpaired) electrons. The minimum absolute atomic E-state index is 0.571. The molecule has 20 heavy (non-hydrogen) atoms. The monoisotopic (exact) mass is 288 g/mol. The van der Waals surface area contributed by atoms with E-state index in [2.05, 4.69) is 20.1 Å². The summed E-state index contributed by atoms with van der Waals surface area (Å²) in [7, 11) is 2.21. The number of rotatable bonds is 5. The van der Waals surface area contributed by atoms with E-state index >= 15 is 0 Å². The summed E-state index contributed by atoms with van der Waals surface area (Å²) in [5.74, 6) is -2.93. The standard InChI is InChI=1S/C12H20N2O6/c1-7(15)13-11(3,9(17)19-5)12(4,10(18)20-6)14-8(2)16/h1-6H3,(H,13,15)(H,14,16). The molecule has 0 aliphatic heterocycles. The van der Waals surface area contributed by atoms with Crippen molar-refractivity contribution in [2.24, 2.45) is 0 Å². The number of carbonyl (C=O) groups is 4. The smallest absolute Gasteiger partial charge is 0.334 e. The SMILES string of the molecule is COC(=O)C(C)(NC(C)=O)C(C)(NC(C)=O)C(=O)OC. The summed E-state index contributed by atoms with van der Waals surface area (Å²) < 4.78 is 9.25. The van der Waals surface area contributed by atoms with Crippen LogP contribution < -0.4 is 10.6 Å². The van der Waals surface area contributed by atoms with E-state index in [9.17, 15) is 19.2 Å². The first kappa shape index (κ1) is 17.9. The van der Waals surface area contributed by atoms with Crippen LogP contribution in [0.1, 0.15) is 27.7 Å². The molecule has 114 valence electrons. The highest BCUT2D eigenvalue weighted by Gasteiger charge is 2.58. The zero-order chi connectivity index (χ0) is 16.1. The van der Waals surface area contributed by atoms with Gasteiger partial charge in [0.1, 0.15) is 0 Å². The lowest BCUT2D eigenvalue weighted by Crippen LogP contribution is -2.75. The van der Waals surface area contributed by atoms with E-state index in [0.717, 1.165) is 14.2 Å². The van der Waals surface area contributed by atoms with Crippen LogP contribution in [-0.4, -0.2) is 49.1 Å².